The summed E-state index contributed by atoms with van der Waals surface area (Å²) < 4.78 is 1.07. The maximum absolute atomic E-state index is 4.54. The quantitative estimate of drug-likeness (QED) is 0.779. The van der Waals surface area contributed by atoms with E-state index in [1.807, 2.05) is 12.1 Å². The van der Waals surface area contributed by atoms with Gasteiger partial charge in [0.1, 0.15) is 16.1 Å². The number of benzene rings is 1. The van der Waals surface area contributed by atoms with Gasteiger partial charge in [0, 0.05) is 10.0 Å². The summed E-state index contributed by atoms with van der Waals surface area (Å²) in [4.78, 5) is 4.54. The Bertz CT molecular complexity index is 507. The van der Waals surface area contributed by atoms with Gasteiger partial charge in [-0.05, 0) is 23.9 Å². The Balaban J connectivity index is 1.97. The molecule has 1 aromatic rings. The maximum Gasteiger partial charge on any atom is 0.138 e. The summed E-state index contributed by atoms with van der Waals surface area (Å²) in [5, 5.41) is 9.85. The van der Waals surface area contributed by atoms with Crippen molar-refractivity contribution >= 4 is 44.0 Å². The van der Waals surface area contributed by atoms with Crippen LogP contribution in [-0.2, 0) is 0 Å². The molecule has 2 aliphatic heterocycles. The van der Waals surface area contributed by atoms with Crippen molar-refractivity contribution in [1.29, 1.82) is 0 Å². The van der Waals surface area contributed by atoms with Crippen molar-refractivity contribution in [2.45, 2.75) is 6.04 Å². The Labute approximate surface area is 99.5 Å². The first-order valence-corrected chi connectivity index (χ1v) is 6.06. The highest BCUT2D eigenvalue weighted by Crippen LogP contribution is 2.28. The third kappa shape index (κ3) is 1.66. The van der Waals surface area contributed by atoms with E-state index in [0.29, 0.717) is 0 Å². The topological polar surface area (TPSA) is 37.1 Å². The van der Waals surface area contributed by atoms with Gasteiger partial charge in [-0.25, -0.2) is 0 Å². The van der Waals surface area contributed by atoms with Crippen LogP contribution in [-0.4, -0.2) is 22.3 Å². The van der Waals surface area contributed by atoms with Crippen LogP contribution in [0.15, 0.2) is 43.9 Å². The molecule has 0 radical (unpaired) electrons. The molecule has 0 aromatic heterocycles. The van der Waals surface area contributed by atoms with Crippen LogP contribution in [0.25, 0.3) is 0 Å². The van der Waals surface area contributed by atoms with Gasteiger partial charge in [0.05, 0.1) is 6.21 Å². The molecule has 1 unspecified atom stereocenters. The summed E-state index contributed by atoms with van der Waals surface area (Å²) >= 11 is 5.05. The van der Waals surface area contributed by atoms with Gasteiger partial charge in [0.15, 0.2) is 0 Å². The van der Waals surface area contributed by atoms with Crippen LogP contribution < -0.4 is 0 Å². The molecule has 0 N–H and O–H groups in total. The summed E-state index contributed by atoms with van der Waals surface area (Å²) in [5.74, 6) is 0. The summed E-state index contributed by atoms with van der Waals surface area (Å²) in [6.45, 7) is 0. The second-order valence-electron chi connectivity index (χ2n) is 3.19. The Hall–Kier alpha value is -0.940. The SMILES string of the molecule is Brc1cccc(C2=NC3C=NN=C3S2)c1. The van der Waals surface area contributed by atoms with Gasteiger partial charge in [-0.2, -0.15) is 5.10 Å². The first kappa shape index (κ1) is 9.30. The Kier molecular flexibility index (Phi) is 2.21. The number of thioether (sulfide) groups is 1. The lowest BCUT2D eigenvalue weighted by Crippen LogP contribution is -2.06. The van der Waals surface area contributed by atoms with E-state index in [4.69, 9.17) is 0 Å². The van der Waals surface area contributed by atoms with E-state index in [1.165, 1.54) is 0 Å². The van der Waals surface area contributed by atoms with Crippen molar-refractivity contribution in [3.63, 3.8) is 0 Å². The van der Waals surface area contributed by atoms with E-state index in [1.54, 1.807) is 18.0 Å². The molecule has 2 aliphatic rings. The minimum atomic E-state index is 0.0592. The van der Waals surface area contributed by atoms with E-state index in [2.05, 4.69) is 43.3 Å². The summed E-state index contributed by atoms with van der Waals surface area (Å²) in [5.41, 5.74) is 1.12. The van der Waals surface area contributed by atoms with Crippen molar-refractivity contribution in [2.75, 3.05) is 0 Å². The highest BCUT2D eigenvalue weighted by molar-refractivity contribution is 9.10. The maximum atomic E-state index is 4.54. The van der Waals surface area contributed by atoms with Gasteiger partial charge in [-0.15, -0.1) is 5.10 Å². The standard InChI is InChI=1S/C10H6BrN3S/c11-7-3-1-2-6(4-7)9-13-8-5-12-14-10(8)15-9/h1-5,8H. The molecule has 0 saturated heterocycles. The number of aliphatic imine (C=N–C) groups is 1. The van der Waals surface area contributed by atoms with Crippen molar-refractivity contribution in [2.24, 2.45) is 15.2 Å². The number of hydrogen-bond donors (Lipinski definition) is 0. The molecule has 0 spiro atoms. The van der Waals surface area contributed by atoms with Crippen molar-refractivity contribution in [3.05, 3.63) is 34.3 Å². The fraction of sp³-hybridized carbons (Fsp3) is 0.100. The van der Waals surface area contributed by atoms with Gasteiger partial charge in [-0.1, -0.05) is 28.1 Å². The first-order chi connectivity index (χ1) is 7.33. The monoisotopic (exact) mass is 279 g/mol. The van der Waals surface area contributed by atoms with Crippen LogP contribution in [0.5, 0.6) is 0 Å². The smallest absolute Gasteiger partial charge is 0.138 e. The molecule has 0 amide bonds. The number of halogens is 1. The minimum absolute atomic E-state index is 0.0592. The lowest BCUT2D eigenvalue weighted by Gasteiger charge is -1.99. The second-order valence-corrected chi connectivity index (χ2v) is 5.12. The van der Waals surface area contributed by atoms with E-state index in [9.17, 15) is 0 Å². The third-order valence-electron chi connectivity index (χ3n) is 2.15. The van der Waals surface area contributed by atoms with Crippen LogP contribution in [0.3, 0.4) is 0 Å². The summed E-state index contributed by atoms with van der Waals surface area (Å²) in [6, 6.07) is 8.18. The number of nitrogens with zero attached hydrogens (tertiary/aromatic N) is 3. The number of fused-ring (bicyclic) bond motifs is 1. The highest BCUT2D eigenvalue weighted by Gasteiger charge is 2.28. The molecule has 5 heteroatoms. The molecule has 0 aliphatic carbocycles. The van der Waals surface area contributed by atoms with Gasteiger partial charge in [-0.3, -0.25) is 4.99 Å². The van der Waals surface area contributed by atoms with Crippen LogP contribution in [0.1, 0.15) is 5.56 Å². The largest absolute Gasteiger partial charge is 0.261 e. The Morgan fingerprint density at radius 2 is 2.27 bits per heavy atom. The molecule has 2 heterocycles. The second kappa shape index (κ2) is 3.57. The molecule has 3 rings (SSSR count). The Morgan fingerprint density at radius 3 is 3.07 bits per heavy atom. The zero-order chi connectivity index (χ0) is 10.3. The Morgan fingerprint density at radius 1 is 1.33 bits per heavy atom. The summed E-state index contributed by atoms with van der Waals surface area (Å²) in [7, 11) is 0. The first-order valence-electron chi connectivity index (χ1n) is 4.45. The van der Waals surface area contributed by atoms with Crippen LogP contribution in [0, 0.1) is 0 Å². The lowest BCUT2D eigenvalue weighted by atomic mass is 10.2. The normalized spacial score (nSPS) is 22.6. The van der Waals surface area contributed by atoms with Crippen molar-refractivity contribution < 1.29 is 0 Å². The molecule has 15 heavy (non-hydrogen) atoms. The minimum Gasteiger partial charge on any atom is -0.261 e. The van der Waals surface area contributed by atoms with Gasteiger partial charge < -0.3 is 0 Å². The third-order valence-corrected chi connectivity index (χ3v) is 3.71. The zero-order valence-corrected chi connectivity index (χ0v) is 9.99. The van der Waals surface area contributed by atoms with E-state index >= 15 is 0 Å². The highest BCUT2D eigenvalue weighted by atomic mass is 79.9. The molecular formula is C10H6BrN3S. The van der Waals surface area contributed by atoms with Crippen LogP contribution in [0.4, 0.5) is 0 Å². The van der Waals surface area contributed by atoms with E-state index in [-0.39, 0.29) is 6.04 Å². The molecule has 0 bridgehead atoms. The average Bonchev–Trinajstić information content (AvgIpc) is 2.76. The fourth-order valence-corrected chi connectivity index (χ4v) is 2.78. The molecule has 74 valence electrons. The molecule has 0 fully saturated rings. The van der Waals surface area contributed by atoms with Gasteiger partial charge in [0.25, 0.3) is 0 Å². The van der Waals surface area contributed by atoms with E-state index < -0.39 is 0 Å². The van der Waals surface area contributed by atoms with Crippen LogP contribution >= 0.6 is 27.7 Å². The lowest BCUT2D eigenvalue weighted by molar-refractivity contribution is 1.22. The van der Waals surface area contributed by atoms with Crippen LogP contribution in [0.2, 0.25) is 0 Å². The zero-order valence-electron chi connectivity index (χ0n) is 7.59. The van der Waals surface area contributed by atoms with Gasteiger partial charge >= 0.3 is 0 Å². The van der Waals surface area contributed by atoms with Crippen molar-refractivity contribution in [3.8, 4) is 0 Å². The predicted molar refractivity (Wildman–Crippen MR) is 68.0 cm³/mol. The van der Waals surface area contributed by atoms with Crippen molar-refractivity contribution in [1.82, 2.24) is 0 Å². The molecule has 1 aromatic carbocycles. The molecule has 0 saturated carbocycles. The average molecular weight is 280 g/mol. The van der Waals surface area contributed by atoms with Gasteiger partial charge in [0.2, 0.25) is 0 Å². The van der Waals surface area contributed by atoms with E-state index in [0.717, 1.165) is 20.1 Å². The predicted octanol–water partition coefficient (Wildman–Crippen LogP) is 2.71. The number of rotatable bonds is 1. The fourth-order valence-electron chi connectivity index (χ4n) is 1.45. The molecule has 1 atom stereocenters. The number of hydrogen-bond acceptors (Lipinski definition) is 4. The summed E-state index contributed by atoms with van der Waals surface area (Å²) in [6.07, 6.45) is 1.77. The molecular weight excluding hydrogens is 274 g/mol. The molecule has 3 nitrogen and oxygen atoms in total.